The number of amidine groups is 6. The lowest BCUT2D eigenvalue weighted by Gasteiger charge is -2.21. The number of para-hydroxylation sites is 6. The molecule has 12 heteroatoms. The van der Waals surface area contributed by atoms with Crippen molar-refractivity contribution in [2.75, 3.05) is 0 Å². The molecule has 6 aromatic rings. The maximum Gasteiger partial charge on any atom is 0.170 e. The van der Waals surface area contributed by atoms with Crippen LogP contribution in [0.3, 0.4) is 0 Å². The third-order valence-corrected chi connectivity index (χ3v) is 9.83. The second-order valence-electron chi connectivity index (χ2n) is 13.1. The zero-order valence-corrected chi connectivity index (χ0v) is 27.5. The molecule has 13 rings (SSSR count). The van der Waals surface area contributed by atoms with E-state index in [0.29, 0.717) is 137 Å². The van der Waals surface area contributed by atoms with Crippen molar-refractivity contribution in [3.05, 3.63) is 143 Å². The molecule has 0 aliphatic carbocycles. The monoisotopic (exact) mass is 702 g/mol. The average molecular weight is 703 g/mol. The molecule has 252 valence electrons. The van der Waals surface area contributed by atoms with Crippen LogP contribution in [0.1, 0.15) is 33.4 Å². The highest BCUT2D eigenvalue weighted by Crippen LogP contribution is 2.50. The summed E-state index contributed by atoms with van der Waals surface area (Å²) in [6.45, 7) is 0. The van der Waals surface area contributed by atoms with Gasteiger partial charge in [-0.05, 0) is 72.8 Å². The van der Waals surface area contributed by atoms with Gasteiger partial charge in [0.15, 0.2) is 104 Å². The van der Waals surface area contributed by atoms with Gasteiger partial charge in [0.25, 0.3) is 0 Å². The van der Waals surface area contributed by atoms with Crippen LogP contribution in [-0.2, 0) is 0 Å². The molecule has 0 unspecified atom stereocenters. The number of hydrogen-bond acceptors (Lipinski definition) is 12. The number of ether oxygens (including phenoxy) is 6. The number of rotatable bonds is 0. The van der Waals surface area contributed by atoms with Crippen LogP contribution in [-0.4, -0.2) is 35.0 Å². The average Bonchev–Trinajstić information content (AvgIpc) is 3.82. The van der Waals surface area contributed by atoms with Crippen LogP contribution >= 0.6 is 0 Å². The fourth-order valence-electron chi connectivity index (χ4n) is 7.31. The van der Waals surface area contributed by atoms with Crippen molar-refractivity contribution < 1.29 is 28.4 Å². The van der Waals surface area contributed by atoms with E-state index in [-0.39, 0.29) is 0 Å². The Morgan fingerprint density at radius 3 is 0.556 bits per heavy atom. The van der Waals surface area contributed by atoms with Crippen molar-refractivity contribution in [1.82, 2.24) is 0 Å². The summed E-state index contributed by atoms with van der Waals surface area (Å²) in [6, 6.07) is 33.8. The molecule has 0 spiro atoms. The highest BCUT2D eigenvalue weighted by atomic mass is 16.6. The molecule has 6 bridgehead atoms. The molecule has 0 aromatic heterocycles. The highest BCUT2D eigenvalue weighted by Gasteiger charge is 2.35. The first-order valence-corrected chi connectivity index (χ1v) is 17.1. The summed E-state index contributed by atoms with van der Waals surface area (Å²) in [5.74, 6) is 9.17. The largest absolute Gasteiger partial charge is 0.449 e. The van der Waals surface area contributed by atoms with Crippen LogP contribution in [0.5, 0.6) is 69.0 Å². The first kappa shape index (κ1) is 27.8. The van der Waals surface area contributed by atoms with E-state index in [1.54, 1.807) is 0 Å². The molecule has 0 amide bonds. The van der Waals surface area contributed by atoms with E-state index in [2.05, 4.69) is 0 Å². The van der Waals surface area contributed by atoms with Crippen molar-refractivity contribution in [2.45, 2.75) is 0 Å². The maximum absolute atomic E-state index is 6.29. The van der Waals surface area contributed by atoms with Crippen LogP contribution in [0.2, 0.25) is 0 Å². The van der Waals surface area contributed by atoms with Gasteiger partial charge in [-0.3, -0.25) is 0 Å². The molecule has 0 atom stereocenters. The van der Waals surface area contributed by atoms with E-state index in [1.807, 2.05) is 109 Å². The predicted molar refractivity (Wildman–Crippen MR) is 198 cm³/mol. The van der Waals surface area contributed by atoms with Crippen molar-refractivity contribution in [1.29, 1.82) is 0 Å². The van der Waals surface area contributed by atoms with E-state index >= 15 is 0 Å². The Bertz CT molecular complexity index is 2680. The number of aliphatic imine (C=N–C) groups is 6. The molecule has 0 saturated carbocycles. The first-order valence-electron chi connectivity index (χ1n) is 17.1. The Balaban J connectivity index is 1.03. The predicted octanol–water partition coefficient (Wildman–Crippen LogP) is 9.31. The molecule has 7 aliphatic rings. The van der Waals surface area contributed by atoms with Crippen molar-refractivity contribution in [3.8, 4) is 69.0 Å². The highest BCUT2D eigenvalue weighted by molar-refractivity contribution is 6.35. The van der Waals surface area contributed by atoms with Gasteiger partial charge in [-0.25, -0.2) is 30.0 Å². The van der Waals surface area contributed by atoms with Crippen molar-refractivity contribution in [3.63, 3.8) is 0 Å². The Hall–Kier alpha value is -7.86. The molecule has 0 radical (unpaired) electrons. The van der Waals surface area contributed by atoms with Crippen LogP contribution in [0.4, 0.5) is 0 Å². The SMILES string of the molecule is c1ccc2c(c1)Oc1cc3c(cc1O2)C1=NC2=NC(=NC4=NC(=NC3=N1)c1cc3c(cc14)Oc1ccccc1O3)c1cc3c(cc12)Oc1ccccc1O3. The summed E-state index contributed by atoms with van der Waals surface area (Å²) in [7, 11) is 0. The molecule has 7 aliphatic heterocycles. The van der Waals surface area contributed by atoms with Gasteiger partial charge < -0.3 is 28.4 Å². The lowest BCUT2D eigenvalue weighted by atomic mass is 10.1. The van der Waals surface area contributed by atoms with Crippen LogP contribution < -0.4 is 28.4 Å². The third-order valence-electron chi connectivity index (χ3n) is 9.83. The standard InChI is InChI=1S/C42H18N6O6/c1-2-8-26-25(7-1)49-31-13-19-20(14-32(31)50-26)38-43-37(19)46-39-21-15-33-34(52-28-10-4-3-9-27(28)51-33)16-22(21)41(44-39)48-42-24-18-36-35(17-23(24)40(45-42)47-38)53-29-11-5-6-12-30(29)54-36/h1-18H. The molecule has 0 saturated heterocycles. The number of nitrogens with zero attached hydrogens (tertiary/aromatic N) is 6. The van der Waals surface area contributed by atoms with Gasteiger partial charge in [-0.1, -0.05) is 36.4 Å². The van der Waals surface area contributed by atoms with Crippen LogP contribution in [0, 0.1) is 0 Å². The number of benzene rings is 6. The smallest absolute Gasteiger partial charge is 0.170 e. The van der Waals surface area contributed by atoms with E-state index < -0.39 is 0 Å². The summed E-state index contributed by atoms with van der Waals surface area (Å²) < 4.78 is 37.7. The zero-order valence-electron chi connectivity index (χ0n) is 27.5. The van der Waals surface area contributed by atoms with E-state index in [4.69, 9.17) is 58.4 Å². The summed E-state index contributed by atoms with van der Waals surface area (Å²) in [5, 5.41) is 0. The minimum absolute atomic E-state index is 0.391. The summed E-state index contributed by atoms with van der Waals surface area (Å²) >= 11 is 0. The molecule has 0 fully saturated rings. The fourth-order valence-corrected chi connectivity index (χ4v) is 7.31. The van der Waals surface area contributed by atoms with E-state index in [0.717, 1.165) is 0 Å². The molecule has 12 nitrogen and oxygen atoms in total. The lowest BCUT2D eigenvalue weighted by Crippen LogP contribution is -2.06. The Morgan fingerprint density at radius 1 is 0.222 bits per heavy atom. The molecule has 0 N–H and O–H groups in total. The zero-order chi connectivity index (χ0) is 35.1. The van der Waals surface area contributed by atoms with Gasteiger partial charge in [0.1, 0.15) is 0 Å². The lowest BCUT2D eigenvalue weighted by molar-refractivity contribution is 0.359. The third kappa shape index (κ3) is 3.90. The minimum Gasteiger partial charge on any atom is -0.449 e. The Kier molecular flexibility index (Phi) is 5.11. The van der Waals surface area contributed by atoms with Gasteiger partial charge in [0, 0.05) is 33.4 Å². The summed E-state index contributed by atoms with van der Waals surface area (Å²) in [6.07, 6.45) is 0. The van der Waals surface area contributed by atoms with E-state index in [1.165, 1.54) is 0 Å². The summed E-state index contributed by atoms with van der Waals surface area (Å²) in [4.78, 5) is 30.2. The topological polar surface area (TPSA) is 130 Å². The number of fused-ring (bicyclic) bond motifs is 18. The van der Waals surface area contributed by atoms with E-state index in [9.17, 15) is 0 Å². The fraction of sp³-hybridized carbons (Fsp3) is 0. The number of hydrogen-bond donors (Lipinski definition) is 0. The molecular formula is C42H18N6O6. The molecule has 54 heavy (non-hydrogen) atoms. The van der Waals surface area contributed by atoms with Crippen LogP contribution in [0.15, 0.2) is 139 Å². The minimum atomic E-state index is 0.391. The van der Waals surface area contributed by atoms with Gasteiger partial charge in [0.05, 0.1) is 0 Å². The first-order chi connectivity index (χ1) is 26.6. The van der Waals surface area contributed by atoms with Crippen molar-refractivity contribution in [2.24, 2.45) is 30.0 Å². The molecule has 7 heterocycles. The second-order valence-corrected chi connectivity index (χ2v) is 13.1. The second kappa shape index (κ2) is 9.92. The van der Waals surface area contributed by atoms with Gasteiger partial charge in [-0.2, -0.15) is 0 Å². The van der Waals surface area contributed by atoms with Crippen LogP contribution in [0.25, 0.3) is 0 Å². The Labute approximate surface area is 304 Å². The van der Waals surface area contributed by atoms with Crippen molar-refractivity contribution >= 4 is 35.0 Å². The van der Waals surface area contributed by atoms with Gasteiger partial charge >= 0.3 is 0 Å². The maximum atomic E-state index is 6.29. The molecule has 6 aromatic carbocycles. The van der Waals surface area contributed by atoms with Gasteiger partial charge in [-0.15, -0.1) is 0 Å². The normalized spacial score (nSPS) is 16.2. The Morgan fingerprint density at radius 2 is 0.389 bits per heavy atom. The summed E-state index contributed by atoms with van der Waals surface area (Å²) in [5.41, 5.74) is 4.15. The molecular weight excluding hydrogens is 684 g/mol. The quantitative estimate of drug-likeness (QED) is 0.155. The van der Waals surface area contributed by atoms with Gasteiger partial charge in [0.2, 0.25) is 0 Å².